The van der Waals surface area contributed by atoms with Crippen LogP contribution in [0.4, 0.5) is 8.63 Å². The minimum absolute atomic E-state index is 0. The van der Waals surface area contributed by atoms with Gasteiger partial charge in [-0.3, -0.25) is 0 Å². The summed E-state index contributed by atoms with van der Waals surface area (Å²) in [6.45, 7) is 1.65. The van der Waals surface area contributed by atoms with E-state index >= 15 is 0 Å². The van der Waals surface area contributed by atoms with Crippen LogP contribution in [0.15, 0.2) is 84.5 Å². The number of rotatable bonds is 4. The Bertz CT molecular complexity index is 813. The minimum Gasteiger partial charge on any atom is -0.872 e. The summed E-state index contributed by atoms with van der Waals surface area (Å²) < 4.78 is 29.2. The van der Waals surface area contributed by atoms with Crippen molar-refractivity contribution in [1.82, 2.24) is 0 Å². The summed E-state index contributed by atoms with van der Waals surface area (Å²) in [6, 6.07) is 12.7. The van der Waals surface area contributed by atoms with E-state index in [9.17, 15) is 13.7 Å². The van der Waals surface area contributed by atoms with Crippen LogP contribution in [0.2, 0.25) is 5.02 Å². The largest absolute Gasteiger partial charge is 2.00 e. The zero-order valence-corrected chi connectivity index (χ0v) is 16.2. The van der Waals surface area contributed by atoms with Gasteiger partial charge in [0.05, 0.1) is 0 Å². The third-order valence-corrected chi connectivity index (χ3v) is 3.82. The molecule has 0 fully saturated rings. The van der Waals surface area contributed by atoms with Gasteiger partial charge in [-0.2, -0.15) is 18.2 Å². The number of aryl methyl sites for hydroxylation is 1. The smallest absolute Gasteiger partial charge is 0.872 e. The van der Waals surface area contributed by atoms with Crippen molar-refractivity contribution in [2.24, 2.45) is 0 Å². The zero-order chi connectivity index (χ0) is 18.9. The van der Waals surface area contributed by atoms with Gasteiger partial charge in [0.25, 0.3) is 0 Å². The second kappa shape index (κ2) is 11.6. The van der Waals surface area contributed by atoms with Crippen molar-refractivity contribution >= 4 is 24.8 Å². The van der Waals surface area contributed by atoms with E-state index in [1.165, 1.54) is 18.2 Å². The Balaban J connectivity index is 0.000000526. The molecule has 0 aliphatic heterocycles. The molecule has 0 N–H and O–H groups in total. The molecule has 27 heavy (non-hydrogen) atoms. The second-order valence-corrected chi connectivity index (χ2v) is 5.76. The van der Waals surface area contributed by atoms with E-state index in [0.717, 1.165) is 5.57 Å². The minimum atomic E-state index is -3.00. The van der Waals surface area contributed by atoms with E-state index in [4.69, 9.17) is 11.6 Å². The summed E-state index contributed by atoms with van der Waals surface area (Å²) in [4.78, 5) is 0. The van der Waals surface area contributed by atoms with E-state index in [-0.39, 0.29) is 28.4 Å². The van der Waals surface area contributed by atoms with Crippen LogP contribution in [0.1, 0.15) is 11.1 Å². The van der Waals surface area contributed by atoms with Gasteiger partial charge in [0.15, 0.2) is 0 Å². The predicted octanol–water partition coefficient (Wildman–Crippen LogP) is 5.11. The summed E-state index contributed by atoms with van der Waals surface area (Å²) in [5, 5.41) is 12.5. The molecule has 1 aliphatic rings. The first-order valence-corrected chi connectivity index (χ1v) is 8.21. The fourth-order valence-corrected chi connectivity index (χ4v) is 2.29. The van der Waals surface area contributed by atoms with Crippen molar-refractivity contribution in [3.8, 4) is 5.75 Å². The number of allylic oxidation sites excluding steroid dienone is 7. The Morgan fingerprint density at radius 2 is 1.81 bits per heavy atom. The Hall–Kier alpha value is -2.14. The maximum absolute atomic E-state index is 12.4. The summed E-state index contributed by atoms with van der Waals surface area (Å²) in [5.74, 6) is -0.627. The molecule has 3 rings (SSSR count). The molecule has 7 heteroatoms. The van der Waals surface area contributed by atoms with E-state index in [2.05, 4.69) is 4.65 Å². The summed E-state index contributed by atoms with van der Waals surface area (Å²) in [6.07, 6.45) is 10.2. The Labute approximate surface area is 173 Å². The monoisotopic (exact) mass is 428 g/mol. The van der Waals surface area contributed by atoms with Gasteiger partial charge in [-0.25, -0.2) is 20.8 Å². The quantitative estimate of drug-likeness (QED) is 0.385. The van der Waals surface area contributed by atoms with Gasteiger partial charge in [0.1, 0.15) is 5.75 Å². The van der Waals surface area contributed by atoms with Crippen molar-refractivity contribution < 1.29 is 35.5 Å². The Morgan fingerprint density at radius 1 is 1.19 bits per heavy atom. The van der Waals surface area contributed by atoms with Gasteiger partial charge in [0, 0.05) is 10.6 Å². The fourth-order valence-electron chi connectivity index (χ4n) is 2.12. The van der Waals surface area contributed by atoms with Crippen LogP contribution in [0.3, 0.4) is 0 Å². The molecule has 0 spiro atoms. The van der Waals surface area contributed by atoms with Crippen molar-refractivity contribution in [3.05, 3.63) is 101 Å². The van der Waals surface area contributed by atoms with E-state index in [0.29, 0.717) is 10.6 Å². The second-order valence-electron chi connectivity index (χ2n) is 5.35. The number of halogens is 3. The van der Waals surface area contributed by atoms with Gasteiger partial charge in [-0.15, -0.1) is 0 Å². The molecular formula is C20H16BClF2FeO2. The van der Waals surface area contributed by atoms with E-state index < -0.39 is 13.2 Å². The third-order valence-electron chi connectivity index (χ3n) is 3.41. The first kappa shape index (κ1) is 22.9. The summed E-state index contributed by atoms with van der Waals surface area (Å²) in [5.41, 5.74) is 1.41. The molecule has 0 atom stereocenters. The normalized spacial score (nSPS) is 12.1. The Morgan fingerprint density at radius 3 is 2.33 bits per heavy atom. The maximum atomic E-state index is 12.4. The molecule has 0 saturated heterocycles. The molecule has 0 amide bonds. The van der Waals surface area contributed by atoms with Crippen molar-refractivity contribution in [2.45, 2.75) is 6.92 Å². The topological polar surface area (TPSA) is 32.3 Å². The average molecular weight is 428 g/mol. The first-order chi connectivity index (χ1) is 12.5. The van der Waals surface area contributed by atoms with Gasteiger partial charge in [0.2, 0.25) is 0 Å². The van der Waals surface area contributed by atoms with Crippen LogP contribution in [0.25, 0.3) is 5.76 Å². The average Bonchev–Trinajstić information content (AvgIpc) is 3.31. The van der Waals surface area contributed by atoms with Crippen molar-refractivity contribution in [1.29, 1.82) is 0 Å². The maximum Gasteiger partial charge on any atom is 2.00 e. The molecule has 1 aliphatic carbocycles. The van der Waals surface area contributed by atoms with Crippen LogP contribution in [-0.2, 0) is 17.1 Å². The molecular weight excluding hydrogens is 412 g/mol. The molecule has 2 nitrogen and oxygen atoms in total. The van der Waals surface area contributed by atoms with Crippen LogP contribution < -0.4 is 9.76 Å². The van der Waals surface area contributed by atoms with Crippen molar-refractivity contribution in [3.63, 3.8) is 0 Å². The number of hydrogen-bond donors (Lipinski definition) is 0. The van der Waals surface area contributed by atoms with Gasteiger partial charge in [-0.05, 0) is 30.2 Å². The van der Waals surface area contributed by atoms with Gasteiger partial charge < -0.3 is 9.76 Å². The van der Waals surface area contributed by atoms with Crippen LogP contribution in [0.5, 0.6) is 5.75 Å². The molecule has 0 heterocycles. The molecule has 0 radical (unpaired) electrons. The molecule has 2 aromatic carbocycles. The summed E-state index contributed by atoms with van der Waals surface area (Å²) in [7, 11) is -3.00. The van der Waals surface area contributed by atoms with E-state index in [1.807, 2.05) is 54.6 Å². The van der Waals surface area contributed by atoms with E-state index in [1.54, 1.807) is 13.0 Å². The standard InChI is InChI=1S/C15H12BClF2O2.C5H5.Fe/c1-10-8-15(21-16(18)19)12(9-13(10)17)14(20)7-6-11-4-2-3-5-11;1-2-4-5-3-1;/h2-9,20H,1H3;1-5H;/q;-1;+2/p-1. The number of hydrogen-bond acceptors (Lipinski definition) is 2. The fraction of sp³-hybridized carbons (Fsp3) is 0.0500. The van der Waals surface area contributed by atoms with Crippen LogP contribution in [0, 0.1) is 6.92 Å². The van der Waals surface area contributed by atoms with Crippen molar-refractivity contribution in [2.75, 3.05) is 0 Å². The van der Waals surface area contributed by atoms with Crippen LogP contribution >= 0.6 is 11.6 Å². The first-order valence-electron chi connectivity index (χ1n) is 7.83. The molecule has 0 unspecified atom stereocenters. The van der Waals surface area contributed by atoms with Crippen LogP contribution in [-0.4, -0.2) is 7.47 Å². The van der Waals surface area contributed by atoms with Gasteiger partial charge >= 0.3 is 24.5 Å². The molecule has 140 valence electrons. The molecule has 0 bridgehead atoms. The molecule has 2 aromatic rings. The third kappa shape index (κ3) is 7.55. The SMILES string of the molecule is Cc1cc(OB(F)F)c(C([O-])=CC=C2C=CC=C2)cc1Cl.[Fe+2].c1cc[cH-]c1. The van der Waals surface area contributed by atoms with Gasteiger partial charge in [-0.1, -0.05) is 53.8 Å². The number of benzene rings is 1. The zero-order valence-electron chi connectivity index (χ0n) is 14.4. The molecule has 0 aromatic heterocycles. The summed E-state index contributed by atoms with van der Waals surface area (Å²) >= 11 is 5.95. The predicted molar refractivity (Wildman–Crippen MR) is 101 cm³/mol. The Kier molecular flexibility index (Phi) is 9.80. The molecule has 0 saturated carbocycles.